The van der Waals surface area contributed by atoms with Gasteiger partial charge in [0.25, 0.3) is 10.0 Å². The zero-order valence-corrected chi connectivity index (χ0v) is 13.2. The standard InChI is InChI=1S/C15H16N2O2S2/c1-20-13-4-2-3-12(10-13)17-21(18,19)14-5-6-15-11(9-14)7-8-16-15/h2-6,9-10,16-17H,7-8H2,1H3. The van der Waals surface area contributed by atoms with Gasteiger partial charge in [0.15, 0.2) is 0 Å². The molecule has 4 nitrogen and oxygen atoms in total. The second-order valence-electron chi connectivity index (χ2n) is 4.83. The summed E-state index contributed by atoms with van der Waals surface area (Å²) in [4.78, 5) is 1.33. The van der Waals surface area contributed by atoms with Gasteiger partial charge in [-0.15, -0.1) is 11.8 Å². The summed E-state index contributed by atoms with van der Waals surface area (Å²) in [7, 11) is -3.55. The fourth-order valence-electron chi connectivity index (χ4n) is 2.35. The van der Waals surface area contributed by atoms with Crippen molar-refractivity contribution in [2.45, 2.75) is 16.2 Å². The Kier molecular flexibility index (Phi) is 3.82. The third-order valence-corrected chi connectivity index (χ3v) is 5.52. The van der Waals surface area contributed by atoms with Gasteiger partial charge in [0, 0.05) is 22.8 Å². The van der Waals surface area contributed by atoms with Crippen molar-refractivity contribution >= 4 is 33.2 Å². The van der Waals surface area contributed by atoms with E-state index in [9.17, 15) is 8.42 Å². The van der Waals surface area contributed by atoms with E-state index in [1.54, 1.807) is 30.0 Å². The van der Waals surface area contributed by atoms with Gasteiger partial charge in [-0.05, 0) is 54.6 Å². The van der Waals surface area contributed by atoms with Crippen molar-refractivity contribution in [1.82, 2.24) is 0 Å². The van der Waals surface area contributed by atoms with Crippen molar-refractivity contribution in [1.29, 1.82) is 0 Å². The molecule has 2 N–H and O–H groups in total. The number of hydrogen-bond donors (Lipinski definition) is 2. The van der Waals surface area contributed by atoms with Gasteiger partial charge in [0.2, 0.25) is 0 Å². The Balaban J connectivity index is 1.89. The Morgan fingerprint density at radius 3 is 2.86 bits per heavy atom. The zero-order valence-electron chi connectivity index (χ0n) is 11.6. The van der Waals surface area contributed by atoms with E-state index >= 15 is 0 Å². The summed E-state index contributed by atoms with van der Waals surface area (Å²) in [6.07, 6.45) is 2.82. The first kappa shape index (κ1) is 14.3. The Hall–Kier alpha value is -1.66. The number of thioether (sulfide) groups is 1. The van der Waals surface area contributed by atoms with Crippen LogP contribution in [0, 0.1) is 0 Å². The second kappa shape index (κ2) is 5.61. The minimum atomic E-state index is -3.55. The fourth-order valence-corrected chi connectivity index (χ4v) is 3.91. The molecule has 1 heterocycles. The van der Waals surface area contributed by atoms with Crippen LogP contribution in [0.15, 0.2) is 52.3 Å². The average molecular weight is 320 g/mol. The quantitative estimate of drug-likeness (QED) is 0.850. The number of rotatable bonds is 4. The number of fused-ring (bicyclic) bond motifs is 1. The molecule has 110 valence electrons. The van der Waals surface area contributed by atoms with Gasteiger partial charge < -0.3 is 5.32 Å². The molecule has 0 bridgehead atoms. The first-order valence-corrected chi connectivity index (χ1v) is 9.33. The Bertz CT molecular complexity index is 773. The highest BCUT2D eigenvalue weighted by Crippen LogP contribution is 2.27. The molecule has 0 amide bonds. The number of anilines is 2. The highest BCUT2D eigenvalue weighted by Gasteiger charge is 2.18. The number of benzene rings is 2. The van der Waals surface area contributed by atoms with Crippen LogP contribution in [0.3, 0.4) is 0 Å². The van der Waals surface area contributed by atoms with Crippen molar-refractivity contribution in [2.75, 3.05) is 22.8 Å². The van der Waals surface area contributed by atoms with Crippen LogP contribution in [0.25, 0.3) is 0 Å². The van der Waals surface area contributed by atoms with Gasteiger partial charge in [-0.25, -0.2) is 8.42 Å². The molecule has 1 aliphatic heterocycles. The lowest BCUT2D eigenvalue weighted by Crippen LogP contribution is -2.13. The fraction of sp³-hybridized carbons (Fsp3) is 0.200. The predicted molar refractivity (Wildman–Crippen MR) is 87.7 cm³/mol. The molecule has 0 aliphatic carbocycles. The Morgan fingerprint density at radius 2 is 2.05 bits per heavy atom. The van der Waals surface area contributed by atoms with E-state index < -0.39 is 10.0 Å². The Morgan fingerprint density at radius 1 is 1.19 bits per heavy atom. The van der Waals surface area contributed by atoms with Crippen LogP contribution in [-0.4, -0.2) is 21.2 Å². The van der Waals surface area contributed by atoms with E-state index in [0.717, 1.165) is 29.1 Å². The maximum atomic E-state index is 12.5. The SMILES string of the molecule is CSc1cccc(NS(=O)(=O)c2ccc3c(c2)CCN3)c1. The van der Waals surface area contributed by atoms with Gasteiger partial charge in [-0.1, -0.05) is 6.07 Å². The van der Waals surface area contributed by atoms with Crippen molar-refractivity contribution < 1.29 is 8.42 Å². The van der Waals surface area contributed by atoms with Gasteiger partial charge >= 0.3 is 0 Å². The second-order valence-corrected chi connectivity index (χ2v) is 7.40. The molecule has 0 fully saturated rings. The molecule has 0 radical (unpaired) electrons. The summed E-state index contributed by atoms with van der Waals surface area (Å²) < 4.78 is 27.6. The van der Waals surface area contributed by atoms with Crippen molar-refractivity contribution in [2.24, 2.45) is 0 Å². The lowest BCUT2D eigenvalue weighted by Gasteiger charge is -2.10. The van der Waals surface area contributed by atoms with Gasteiger partial charge in [0.1, 0.15) is 0 Å². The topological polar surface area (TPSA) is 58.2 Å². The van der Waals surface area contributed by atoms with E-state index in [4.69, 9.17) is 0 Å². The van der Waals surface area contributed by atoms with E-state index in [1.165, 1.54) is 0 Å². The maximum absolute atomic E-state index is 12.5. The Labute approximate surface area is 129 Å². The monoisotopic (exact) mass is 320 g/mol. The number of sulfonamides is 1. The molecule has 1 aliphatic rings. The van der Waals surface area contributed by atoms with Crippen molar-refractivity contribution in [3.05, 3.63) is 48.0 Å². The molecule has 2 aromatic rings. The number of nitrogens with one attached hydrogen (secondary N) is 2. The van der Waals surface area contributed by atoms with E-state index in [1.807, 2.05) is 30.5 Å². The molecule has 3 rings (SSSR count). The largest absolute Gasteiger partial charge is 0.384 e. The van der Waals surface area contributed by atoms with E-state index in [2.05, 4.69) is 10.0 Å². The zero-order chi connectivity index (χ0) is 14.9. The third-order valence-electron chi connectivity index (χ3n) is 3.42. The smallest absolute Gasteiger partial charge is 0.261 e. The first-order chi connectivity index (χ1) is 10.1. The van der Waals surface area contributed by atoms with Crippen LogP contribution >= 0.6 is 11.8 Å². The molecule has 2 aromatic carbocycles. The highest BCUT2D eigenvalue weighted by molar-refractivity contribution is 7.98. The molecule has 0 saturated heterocycles. The third kappa shape index (κ3) is 3.01. The van der Waals surface area contributed by atoms with Crippen LogP contribution in [0.4, 0.5) is 11.4 Å². The molecule has 0 aromatic heterocycles. The van der Waals surface area contributed by atoms with Gasteiger partial charge in [0.05, 0.1) is 4.90 Å². The molecule has 21 heavy (non-hydrogen) atoms. The molecule has 0 unspecified atom stereocenters. The summed E-state index contributed by atoms with van der Waals surface area (Å²) in [6.45, 7) is 0.863. The van der Waals surface area contributed by atoms with Crippen LogP contribution in [0.2, 0.25) is 0 Å². The number of hydrogen-bond acceptors (Lipinski definition) is 4. The first-order valence-electron chi connectivity index (χ1n) is 6.62. The summed E-state index contributed by atoms with van der Waals surface area (Å²) in [5, 5.41) is 3.23. The molecule has 0 saturated carbocycles. The van der Waals surface area contributed by atoms with Gasteiger partial charge in [-0.2, -0.15) is 0 Å². The average Bonchev–Trinajstić information content (AvgIpc) is 2.94. The van der Waals surface area contributed by atoms with Crippen LogP contribution in [-0.2, 0) is 16.4 Å². The van der Waals surface area contributed by atoms with Gasteiger partial charge in [-0.3, -0.25) is 4.72 Å². The summed E-state index contributed by atoms with van der Waals surface area (Å²) >= 11 is 1.58. The molecule has 6 heteroatoms. The van der Waals surface area contributed by atoms with E-state index in [-0.39, 0.29) is 0 Å². The predicted octanol–water partition coefficient (Wildman–Crippen LogP) is 3.18. The van der Waals surface area contributed by atoms with Crippen LogP contribution in [0.1, 0.15) is 5.56 Å². The molecule has 0 spiro atoms. The van der Waals surface area contributed by atoms with Crippen LogP contribution in [0.5, 0.6) is 0 Å². The highest BCUT2D eigenvalue weighted by atomic mass is 32.2. The molecule has 0 atom stereocenters. The lowest BCUT2D eigenvalue weighted by molar-refractivity contribution is 0.601. The minimum Gasteiger partial charge on any atom is -0.384 e. The van der Waals surface area contributed by atoms with Crippen molar-refractivity contribution in [3.8, 4) is 0 Å². The van der Waals surface area contributed by atoms with E-state index in [0.29, 0.717) is 10.6 Å². The summed E-state index contributed by atoms with van der Waals surface area (Å²) in [5.41, 5.74) is 2.66. The lowest BCUT2D eigenvalue weighted by atomic mass is 10.2. The summed E-state index contributed by atoms with van der Waals surface area (Å²) in [5.74, 6) is 0. The maximum Gasteiger partial charge on any atom is 0.261 e. The van der Waals surface area contributed by atoms with Crippen LogP contribution < -0.4 is 10.0 Å². The summed E-state index contributed by atoms with van der Waals surface area (Å²) in [6, 6.07) is 12.6. The molecular formula is C15H16N2O2S2. The minimum absolute atomic E-state index is 0.305. The molecular weight excluding hydrogens is 304 g/mol. The normalized spacial score (nSPS) is 13.6. The van der Waals surface area contributed by atoms with Crippen molar-refractivity contribution in [3.63, 3.8) is 0 Å².